The van der Waals surface area contributed by atoms with E-state index < -0.39 is 0 Å². The second kappa shape index (κ2) is 10.1. The molecule has 0 atom stereocenters. The van der Waals surface area contributed by atoms with E-state index in [2.05, 4.69) is 46.7 Å². The maximum atomic E-state index is 12.3. The zero-order valence-electron chi connectivity index (χ0n) is 17.3. The van der Waals surface area contributed by atoms with Crippen molar-refractivity contribution in [3.8, 4) is 0 Å². The van der Waals surface area contributed by atoms with Gasteiger partial charge in [0.25, 0.3) is 5.91 Å². The lowest BCUT2D eigenvalue weighted by atomic mass is 10.1. The summed E-state index contributed by atoms with van der Waals surface area (Å²) in [6.07, 6.45) is 0.848. The molecule has 0 spiro atoms. The van der Waals surface area contributed by atoms with E-state index in [1.165, 1.54) is 16.2 Å². The van der Waals surface area contributed by atoms with Gasteiger partial charge in [-0.15, -0.1) is 0 Å². The van der Waals surface area contributed by atoms with Crippen LogP contribution in [0.3, 0.4) is 0 Å². The Morgan fingerprint density at radius 3 is 2.41 bits per heavy atom. The summed E-state index contributed by atoms with van der Waals surface area (Å²) in [5, 5.41) is 5.64. The molecule has 1 aliphatic heterocycles. The molecule has 1 fully saturated rings. The number of quaternary nitrogens is 1. The Hall–Kier alpha value is -2.86. The minimum Gasteiger partial charge on any atom is -0.360 e. The van der Waals surface area contributed by atoms with Gasteiger partial charge in [-0.2, -0.15) is 0 Å². The fourth-order valence-electron chi connectivity index (χ4n) is 3.77. The summed E-state index contributed by atoms with van der Waals surface area (Å²) in [5.74, 6) is -0.276. The summed E-state index contributed by atoms with van der Waals surface area (Å²) in [4.78, 5) is 28.1. The Labute approximate surface area is 172 Å². The molecule has 6 heteroatoms. The summed E-state index contributed by atoms with van der Waals surface area (Å²) < 4.78 is 0. The lowest BCUT2D eigenvalue weighted by Crippen LogP contribution is -3.16. The third kappa shape index (κ3) is 5.81. The molecular weight excluding hydrogens is 364 g/mol. The van der Waals surface area contributed by atoms with Crippen molar-refractivity contribution in [3.05, 3.63) is 59.7 Å². The van der Waals surface area contributed by atoms with Crippen LogP contribution in [-0.4, -0.2) is 51.1 Å². The van der Waals surface area contributed by atoms with Crippen molar-refractivity contribution in [3.63, 3.8) is 0 Å². The first-order valence-electron chi connectivity index (χ1n) is 10.4. The van der Waals surface area contributed by atoms with Crippen LogP contribution >= 0.6 is 0 Å². The van der Waals surface area contributed by atoms with Crippen molar-refractivity contribution in [2.75, 3.05) is 49.5 Å². The second-order valence-electron chi connectivity index (χ2n) is 7.54. The number of nitrogens with zero attached hydrogens (tertiary/aromatic N) is 1. The number of nitrogens with one attached hydrogen (secondary N) is 3. The van der Waals surface area contributed by atoms with Crippen molar-refractivity contribution in [2.45, 2.75) is 20.3 Å². The van der Waals surface area contributed by atoms with E-state index in [1.807, 2.05) is 31.2 Å². The van der Waals surface area contributed by atoms with Crippen molar-refractivity contribution in [2.24, 2.45) is 0 Å². The van der Waals surface area contributed by atoms with Crippen LogP contribution in [0.15, 0.2) is 48.5 Å². The van der Waals surface area contributed by atoms with Gasteiger partial charge in [0.1, 0.15) is 0 Å². The van der Waals surface area contributed by atoms with Gasteiger partial charge in [-0.25, -0.2) is 0 Å². The first-order valence-corrected chi connectivity index (χ1v) is 10.4. The van der Waals surface area contributed by atoms with Crippen molar-refractivity contribution < 1.29 is 14.5 Å². The molecule has 0 bridgehead atoms. The summed E-state index contributed by atoms with van der Waals surface area (Å²) in [7, 11) is 0. The number of piperazine rings is 1. The van der Waals surface area contributed by atoms with Gasteiger partial charge in [0.05, 0.1) is 32.7 Å². The monoisotopic (exact) mass is 395 g/mol. The largest absolute Gasteiger partial charge is 0.360 e. The molecule has 0 radical (unpaired) electrons. The van der Waals surface area contributed by atoms with E-state index in [-0.39, 0.29) is 18.4 Å². The molecule has 3 rings (SSSR count). The lowest BCUT2D eigenvalue weighted by Gasteiger charge is -2.34. The minimum absolute atomic E-state index is 0.000499. The zero-order chi connectivity index (χ0) is 20.6. The van der Waals surface area contributed by atoms with Gasteiger partial charge in [-0.3, -0.25) is 9.59 Å². The number of aryl methyl sites for hydroxylation is 2. The van der Waals surface area contributed by atoms with Crippen LogP contribution in [0.25, 0.3) is 0 Å². The summed E-state index contributed by atoms with van der Waals surface area (Å²) in [6, 6.07) is 16.1. The lowest BCUT2D eigenvalue weighted by molar-refractivity contribution is -0.892. The molecule has 0 unspecified atom stereocenters. The normalized spacial score (nSPS) is 14.5. The van der Waals surface area contributed by atoms with E-state index in [4.69, 9.17) is 0 Å². The van der Waals surface area contributed by atoms with Crippen molar-refractivity contribution in [1.82, 2.24) is 5.32 Å². The number of benzene rings is 2. The maximum absolute atomic E-state index is 12.3. The molecule has 2 aromatic carbocycles. The second-order valence-corrected chi connectivity index (χ2v) is 7.54. The van der Waals surface area contributed by atoms with Crippen LogP contribution in [0.5, 0.6) is 0 Å². The van der Waals surface area contributed by atoms with Gasteiger partial charge < -0.3 is 20.4 Å². The van der Waals surface area contributed by atoms with E-state index in [9.17, 15) is 9.59 Å². The Morgan fingerprint density at radius 2 is 1.69 bits per heavy atom. The van der Waals surface area contributed by atoms with E-state index >= 15 is 0 Å². The van der Waals surface area contributed by atoms with E-state index in [0.29, 0.717) is 6.54 Å². The molecule has 6 nitrogen and oxygen atoms in total. The predicted octanol–water partition coefficient (Wildman–Crippen LogP) is 1.02. The smallest absolute Gasteiger partial charge is 0.275 e. The summed E-state index contributed by atoms with van der Waals surface area (Å²) in [6.45, 7) is 8.28. The first-order chi connectivity index (χ1) is 14.1. The number of anilines is 2. The maximum Gasteiger partial charge on any atom is 0.275 e. The minimum atomic E-state index is -0.196. The highest BCUT2D eigenvalue weighted by Gasteiger charge is 2.23. The number of para-hydroxylation sites is 2. The predicted molar refractivity (Wildman–Crippen MR) is 116 cm³/mol. The van der Waals surface area contributed by atoms with Gasteiger partial charge >= 0.3 is 0 Å². The molecule has 2 aromatic rings. The van der Waals surface area contributed by atoms with Crippen molar-refractivity contribution in [1.29, 1.82) is 0 Å². The van der Waals surface area contributed by atoms with E-state index in [0.717, 1.165) is 43.9 Å². The molecule has 0 aromatic heterocycles. The fourth-order valence-corrected chi connectivity index (χ4v) is 3.77. The van der Waals surface area contributed by atoms with Gasteiger partial charge in [0.2, 0.25) is 5.91 Å². The quantitative estimate of drug-likeness (QED) is 0.656. The summed E-state index contributed by atoms with van der Waals surface area (Å²) in [5.41, 5.74) is 4.46. The average Bonchev–Trinajstić information content (AvgIpc) is 2.74. The van der Waals surface area contributed by atoms with Crippen LogP contribution in [0, 0.1) is 6.92 Å². The highest BCUT2D eigenvalue weighted by molar-refractivity contribution is 5.95. The standard InChI is InChI=1S/C23H30N4O2/c1-3-19-9-5-6-10-20(19)25-22(28)16-24-23(29)17-26-12-14-27(15-13-26)21-11-7-4-8-18(21)2/h4-11H,3,12-17H2,1-2H3,(H,24,29)(H,25,28)/p+1. The third-order valence-electron chi connectivity index (χ3n) is 5.46. The molecule has 0 saturated carbocycles. The van der Waals surface area contributed by atoms with Crippen molar-refractivity contribution >= 4 is 23.2 Å². The SMILES string of the molecule is CCc1ccccc1NC(=O)CNC(=O)C[NH+]1CCN(c2ccccc2C)CC1. The Kier molecular flexibility index (Phi) is 7.25. The van der Waals surface area contributed by atoms with Gasteiger partial charge in [0, 0.05) is 11.4 Å². The molecule has 3 N–H and O–H groups in total. The van der Waals surface area contributed by atoms with Crippen LogP contribution < -0.4 is 20.4 Å². The van der Waals surface area contributed by atoms with Crippen LogP contribution in [-0.2, 0) is 16.0 Å². The Bertz CT molecular complexity index is 844. The van der Waals surface area contributed by atoms with E-state index in [1.54, 1.807) is 0 Å². The van der Waals surface area contributed by atoms with Crippen LogP contribution in [0.4, 0.5) is 11.4 Å². The molecule has 1 aliphatic rings. The molecule has 2 amide bonds. The highest BCUT2D eigenvalue weighted by Crippen LogP contribution is 2.18. The van der Waals surface area contributed by atoms with Crippen LogP contribution in [0.2, 0.25) is 0 Å². The zero-order valence-corrected chi connectivity index (χ0v) is 17.3. The molecule has 29 heavy (non-hydrogen) atoms. The Balaban J connectivity index is 1.40. The molecule has 154 valence electrons. The summed E-state index contributed by atoms with van der Waals surface area (Å²) >= 11 is 0. The van der Waals surface area contributed by atoms with Crippen LogP contribution in [0.1, 0.15) is 18.1 Å². The molecular formula is C23H31N4O2+. The number of amides is 2. The van der Waals surface area contributed by atoms with Gasteiger partial charge in [-0.05, 0) is 36.6 Å². The topological polar surface area (TPSA) is 65.9 Å². The number of hydrogen-bond acceptors (Lipinski definition) is 3. The number of rotatable bonds is 7. The molecule has 0 aliphatic carbocycles. The third-order valence-corrected chi connectivity index (χ3v) is 5.46. The highest BCUT2D eigenvalue weighted by atomic mass is 16.2. The fraction of sp³-hybridized carbons (Fsp3) is 0.391. The molecule has 1 heterocycles. The number of carbonyl (C=O) groups excluding carboxylic acids is 2. The number of hydrogen-bond donors (Lipinski definition) is 3. The number of carbonyl (C=O) groups is 2. The first kappa shape index (κ1) is 20.9. The van der Waals surface area contributed by atoms with Gasteiger partial charge in [-0.1, -0.05) is 43.3 Å². The van der Waals surface area contributed by atoms with Gasteiger partial charge in [0.15, 0.2) is 6.54 Å². The average molecular weight is 396 g/mol. The molecule has 1 saturated heterocycles. The Morgan fingerprint density at radius 1 is 1.00 bits per heavy atom.